The van der Waals surface area contributed by atoms with Crippen molar-refractivity contribution in [1.82, 2.24) is 0 Å². The molecule has 0 fully saturated rings. The predicted octanol–water partition coefficient (Wildman–Crippen LogP) is 4.62. The van der Waals surface area contributed by atoms with Gasteiger partial charge in [-0.3, -0.25) is 0 Å². The molecule has 0 aliphatic rings. The van der Waals surface area contributed by atoms with Crippen LogP contribution >= 0.6 is 0 Å². The zero-order valence-electron chi connectivity index (χ0n) is 13.7. The molecule has 0 bridgehead atoms. The quantitative estimate of drug-likeness (QED) is 0.847. The van der Waals surface area contributed by atoms with E-state index in [0.717, 1.165) is 22.3 Å². The van der Waals surface area contributed by atoms with Crippen molar-refractivity contribution in [2.75, 3.05) is 0 Å². The van der Waals surface area contributed by atoms with Gasteiger partial charge in [-0.2, -0.15) is 0 Å². The molecular formula is C20H22O3. The number of benzene rings is 2. The number of carboxylic acids is 1. The van der Waals surface area contributed by atoms with Gasteiger partial charge in [0.05, 0.1) is 5.56 Å². The van der Waals surface area contributed by atoms with Gasteiger partial charge in [-0.15, -0.1) is 0 Å². The van der Waals surface area contributed by atoms with E-state index in [2.05, 4.69) is 26.5 Å². The fourth-order valence-corrected chi connectivity index (χ4v) is 2.54. The molecule has 3 heteroatoms. The van der Waals surface area contributed by atoms with Crippen molar-refractivity contribution in [2.24, 2.45) is 0 Å². The first kappa shape index (κ1) is 17.0. The summed E-state index contributed by atoms with van der Waals surface area (Å²) in [4.78, 5) is 10.9. The van der Waals surface area contributed by atoms with E-state index in [-0.39, 0.29) is 5.56 Å². The lowest BCUT2D eigenvalue weighted by Crippen LogP contribution is -2.05. The third-order valence-electron chi connectivity index (χ3n) is 3.97. The topological polar surface area (TPSA) is 57.5 Å². The second kappa shape index (κ2) is 6.80. The molecule has 2 rings (SSSR count). The minimum absolute atomic E-state index is 0.206. The van der Waals surface area contributed by atoms with Crippen molar-refractivity contribution in [3.8, 4) is 0 Å². The number of carboxylic acid groups (broad SMARTS) is 1. The van der Waals surface area contributed by atoms with Crippen LogP contribution in [0.5, 0.6) is 0 Å². The van der Waals surface area contributed by atoms with Crippen LogP contribution in [0.1, 0.15) is 65.4 Å². The first-order chi connectivity index (χ1) is 10.8. The Morgan fingerprint density at radius 2 is 1.61 bits per heavy atom. The molecule has 2 aromatic carbocycles. The summed E-state index contributed by atoms with van der Waals surface area (Å²) in [5.41, 5.74) is 4.62. The van der Waals surface area contributed by atoms with Crippen molar-refractivity contribution in [3.05, 3.63) is 76.9 Å². The number of hydrogen-bond acceptors (Lipinski definition) is 2. The second-order valence-electron chi connectivity index (χ2n) is 6.11. The highest BCUT2D eigenvalue weighted by Crippen LogP contribution is 2.31. The van der Waals surface area contributed by atoms with Gasteiger partial charge in [0.15, 0.2) is 0 Å². The van der Waals surface area contributed by atoms with Crippen LogP contribution < -0.4 is 0 Å². The summed E-state index contributed by atoms with van der Waals surface area (Å²) >= 11 is 0. The van der Waals surface area contributed by atoms with Crippen LogP contribution in [0, 0.1) is 0 Å². The maximum Gasteiger partial charge on any atom is 0.335 e. The maximum absolute atomic E-state index is 10.9. The molecule has 0 saturated carbocycles. The Balaban J connectivity index is 2.47. The van der Waals surface area contributed by atoms with Gasteiger partial charge in [0, 0.05) is 0 Å². The number of aliphatic hydroxyl groups excluding tert-OH is 1. The first-order valence-electron chi connectivity index (χ1n) is 7.62. The van der Waals surface area contributed by atoms with Crippen LogP contribution in [0.3, 0.4) is 0 Å². The monoisotopic (exact) mass is 310 g/mol. The SMILES string of the molecule is C=C(C)c1ccc(C(C)C)cc1[C@H](O)c1ccc(C(=O)O)cc1. The molecule has 0 heterocycles. The van der Waals surface area contributed by atoms with Gasteiger partial charge in [0.1, 0.15) is 6.10 Å². The zero-order valence-corrected chi connectivity index (χ0v) is 13.7. The molecule has 0 aliphatic heterocycles. The molecule has 0 spiro atoms. The summed E-state index contributed by atoms with van der Waals surface area (Å²) in [6.45, 7) is 10.1. The van der Waals surface area contributed by atoms with E-state index in [0.29, 0.717) is 11.5 Å². The number of aromatic carboxylic acids is 1. The second-order valence-corrected chi connectivity index (χ2v) is 6.11. The number of aliphatic hydroxyl groups is 1. The lowest BCUT2D eigenvalue weighted by atomic mass is 9.89. The predicted molar refractivity (Wildman–Crippen MR) is 92.7 cm³/mol. The Labute approximate surface area is 136 Å². The van der Waals surface area contributed by atoms with Gasteiger partial charge >= 0.3 is 5.97 Å². The fraction of sp³-hybridized carbons (Fsp3) is 0.250. The first-order valence-corrected chi connectivity index (χ1v) is 7.62. The van der Waals surface area contributed by atoms with Gasteiger partial charge in [-0.25, -0.2) is 4.79 Å². The molecular weight excluding hydrogens is 288 g/mol. The van der Waals surface area contributed by atoms with E-state index >= 15 is 0 Å². The van der Waals surface area contributed by atoms with Gasteiger partial charge in [0.2, 0.25) is 0 Å². The smallest absolute Gasteiger partial charge is 0.335 e. The summed E-state index contributed by atoms with van der Waals surface area (Å²) in [6, 6.07) is 12.4. The Hall–Kier alpha value is -2.39. The summed E-state index contributed by atoms with van der Waals surface area (Å²) < 4.78 is 0. The molecule has 1 atom stereocenters. The van der Waals surface area contributed by atoms with Crippen molar-refractivity contribution in [3.63, 3.8) is 0 Å². The van der Waals surface area contributed by atoms with Crippen LogP contribution in [0.15, 0.2) is 49.0 Å². The van der Waals surface area contributed by atoms with E-state index in [1.165, 1.54) is 12.1 Å². The molecule has 0 aromatic heterocycles. The van der Waals surface area contributed by atoms with Crippen molar-refractivity contribution in [2.45, 2.75) is 32.8 Å². The van der Waals surface area contributed by atoms with Crippen LogP contribution in [-0.2, 0) is 0 Å². The standard InChI is InChI=1S/C20H22O3/c1-12(2)16-9-10-17(13(3)4)18(11-16)19(21)14-5-7-15(8-6-14)20(22)23/h5-12,19,21H,3H2,1-2,4H3,(H,22,23)/t19-/m1/s1. The third kappa shape index (κ3) is 3.69. The summed E-state index contributed by atoms with van der Waals surface area (Å²) in [7, 11) is 0. The van der Waals surface area contributed by atoms with Gasteiger partial charge in [-0.05, 0) is 47.2 Å². The zero-order chi connectivity index (χ0) is 17.1. The van der Waals surface area contributed by atoms with Crippen LogP contribution in [0.4, 0.5) is 0 Å². The lowest BCUT2D eigenvalue weighted by molar-refractivity contribution is 0.0696. The number of hydrogen-bond donors (Lipinski definition) is 2. The number of carbonyl (C=O) groups is 1. The highest BCUT2D eigenvalue weighted by atomic mass is 16.4. The molecule has 23 heavy (non-hydrogen) atoms. The van der Waals surface area contributed by atoms with Crippen LogP contribution in [0.2, 0.25) is 0 Å². The van der Waals surface area contributed by atoms with E-state index in [4.69, 9.17) is 5.11 Å². The van der Waals surface area contributed by atoms with E-state index in [1.807, 2.05) is 19.1 Å². The average Bonchev–Trinajstić information content (AvgIpc) is 2.53. The molecule has 0 radical (unpaired) electrons. The third-order valence-corrected chi connectivity index (χ3v) is 3.97. The molecule has 0 unspecified atom stereocenters. The van der Waals surface area contributed by atoms with E-state index in [9.17, 15) is 9.90 Å². The Kier molecular flexibility index (Phi) is 5.02. The summed E-state index contributed by atoms with van der Waals surface area (Å²) in [6.07, 6.45) is -0.816. The maximum atomic E-state index is 10.9. The van der Waals surface area contributed by atoms with E-state index in [1.54, 1.807) is 12.1 Å². The highest BCUT2D eigenvalue weighted by Gasteiger charge is 2.17. The molecule has 3 nitrogen and oxygen atoms in total. The Bertz CT molecular complexity index is 727. The summed E-state index contributed by atoms with van der Waals surface area (Å²) in [5.74, 6) is -0.620. The minimum atomic E-state index is -0.976. The van der Waals surface area contributed by atoms with Crippen molar-refractivity contribution < 1.29 is 15.0 Å². The Morgan fingerprint density at radius 1 is 1.04 bits per heavy atom. The highest BCUT2D eigenvalue weighted by molar-refractivity contribution is 5.87. The van der Waals surface area contributed by atoms with Crippen LogP contribution in [-0.4, -0.2) is 16.2 Å². The largest absolute Gasteiger partial charge is 0.478 e. The normalized spacial score (nSPS) is 12.2. The fourth-order valence-electron chi connectivity index (χ4n) is 2.54. The average molecular weight is 310 g/mol. The molecule has 0 aliphatic carbocycles. The van der Waals surface area contributed by atoms with Gasteiger partial charge < -0.3 is 10.2 Å². The molecule has 0 saturated heterocycles. The van der Waals surface area contributed by atoms with Crippen LogP contribution in [0.25, 0.3) is 5.57 Å². The molecule has 120 valence electrons. The molecule has 2 N–H and O–H groups in total. The molecule has 0 amide bonds. The van der Waals surface area contributed by atoms with Crippen molar-refractivity contribution in [1.29, 1.82) is 0 Å². The number of rotatable bonds is 5. The number of allylic oxidation sites excluding steroid dienone is 1. The molecule has 2 aromatic rings. The summed E-state index contributed by atoms with van der Waals surface area (Å²) in [5, 5.41) is 19.7. The van der Waals surface area contributed by atoms with Gasteiger partial charge in [0.25, 0.3) is 0 Å². The lowest BCUT2D eigenvalue weighted by Gasteiger charge is -2.19. The minimum Gasteiger partial charge on any atom is -0.478 e. The van der Waals surface area contributed by atoms with Gasteiger partial charge in [-0.1, -0.05) is 56.3 Å². The van der Waals surface area contributed by atoms with E-state index < -0.39 is 12.1 Å². The van der Waals surface area contributed by atoms with Crippen molar-refractivity contribution >= 4 is 11.5 Å². The Morgan fingerprint density at radius 3 is 2.09 bits per heavy atom.